The molecule has 0 aromatic carbocycles. The van der Waals surface area contributed by atoms with Crippen molar-refractivity contribution in [1.82, 2.24) is 10.3 Å². The molecule has 1 atom stereocenters. The van der Waals surface area contributed by atoms with E-state index in [9.17, 15) is 4.79 Å². The maximum absolute atomic E-state index is 12.1. The molecular weight excluding hydrogens is 214 g/mol. The molecule has 0 bridgehead atoms. The van der Waals surface area contributed by atoms with Crippen molar-refractivity contribution in [2.45, 2.75) is 19.3 Å². The van der Waals surface area contributed by atoms with Crippen LogP contribution < -0.4 is 10.6 Å². The van der Waals surface area contributed by atoms with E-state index in [0.29, 0.717) is 11.2 Å². The van der Waals surface area contributed by atoms with Crippen LogP contribution in [0.1, 0.15) is 19.3 Å². The van der Waals surface area contributed by atoms with Gasteiger partial charge in [-0.1, -0.05) is 6.07 Å². The van der Waals surface area contributed by atoms with Gasteiger partial charge in [-0.05, 0) is 49.9 Å². The first-order valence-corrected chi connectivity index (χ1v) is 6.23. The van der Waals surface area contributed by atoms with Crippen LogP contribution in [-0.2, 0) is 4.79 Å². The number of carbonyl (C=O) groups excluding carboxylic acids is 1. The molecule has 1 aliphatic carbocycles. The Bertz CT molecular complexity index is 412. The van der Waals surface area contributed by atoms with Crippen LogP contribution in [0, 0.1) is 11.3 Å². The molecule has 2 heterocycles. The molecular formula is C13H17N3O. The van der Waals surface area contributed by atoms with Gasteiger partial charge < -0.3 is 10.6 Å². The zero-order chi connectivity index (χ0) is 11.7. The summed E-state index contributed by atoms with van der Waals surface area (Å²) in [6.07, 6.45) is 5.01. The summed E-state index contributed by atoms with van der Waals surface area (Å²) in [4.78, 5) is 16.2. The molecule has 90 valence electrons. The monoisotopic (exact) mass is 231 g/mol. The van der Waals surface area contributed by atoms with Gasteiger partial charge in [-0.15, -0.1) is 0 Å². The highest BCUT2D eigenvalue weighted by molar-refractivity contribution is 5.94. The minimum absolute atomic E-state index is 0.144. The molecule has 1 spiro atoms. The smallest absolute Gasteiger partial charge is 0.229 e. The van der Waals surface area contributed by atoms with E-state index in [1.807, 2.05) is 18.2 Å². The molecule has 2 fully saturated rings. The lowest BCUT2D eigenvalue weighted by Crippen LogP contribution is -2.31. The van der Waals surface area contributed by atoms with Crippen LogP contribution in [0.4, 0.5) is 5.82 Å². The van der Waals surface area contributed by atoms with Crippen LogP contribution in [-0.4, -0.2) is 24.0 Å². The van der Waals surface area contributed by atoms with Gasteiger partial charge in [0, 0.05) is 12.1 Å². The first kappa shape index (κ1) is 10.7. The molecule has 1 aromatic rings. The van der Waals surface area contributed by atoms with Crippen LogP contribution in [0.5, 0.6) is 0 Å². The van der Waals surface area contributed by atoms with Crippen LogP contribution in [0.3, 0.4) is 0 Å². The quantitative estimate of drug-likeness (QED) is 0.809. The number of nitrogens with zero attached hydrogens (tertiary/aromatic N) is 1. The normalized spacial score (nSPS) is 25.5. The topological polar surface area (TPSA) is 54.0 Å². The van der Waals surface area contributed by atoms with Crippen molar-refractivity contribution >= 4 is 11.7 Å². The number of aromatic nitrogens is 1. The van der Waals surface area contributed by atoms with E-state index in [4.69, 9.17) is 0 Å². The zero-order valence-corrected chi connectivity index (χ0v) is 9.78. The van der Waals surface area contributed by atoms with Gasteiger partial charge in [0.15, 0.2) is 0 Å². The van der Waals surface area contributed by atoms with E-state index in [1.165, 1.54) is 0 Å². The SMILES string of the molecule is O=C(Nc1ccccn1)C1CC12CCNCC2. The van der Waals surface area contributed by atoms with Crippen LogP contribution in [0.2, 0.25) is 0 Å². The third-order valence-corrected chi connectivity index (χ3v) is 4.02. The number of pyridine rings is 1. The van der Waals surface area contributed by atoms with Crippen molar-refractivity contribution in [1.29, 1.82) is 0 Å². The Labute approximate surface area is 101 Å². The van der Waals surface area contributed by atoms with E-state index >= 15 is 0 Å². The van der Waals surface area contributed by atoms with Crippen molar-refractivity contribution in [3.8, 4) is 0 Å². The van der Waals surface area contributed by atoms with Gasteiger partial charge in [0.25, 0.3) is 0 Å². The van der Waals surface area contributed by atoms with Crippen LogP contribution >= 0.6 is 0 Å². The van der Waals surface area contributed by atoms with Crippen molar-refractivity contribution in [3.63, 3.8) is 0 Å². The van der Waals surface area contributed by atoms with Crippen molar-refractivity contribution in [3.05, 3.63) is 24.4 Å². The van der Waals surface area contributed by atoms with Gasteiger partial charge in [0.05, 0.1) is 0 Å². The second kappa shape index (κ2) is 4.11. The second-order valence-electron chi connectivity index (χ2n) is 5.07. The highest BCUT2D eigenvalue weighted by atomic mass is 16.2. The Morgan fingerprint density at radius 1 is 1.41 bits per heavy atom. The second-order valence-corrected chi connectivity index (χ2v) is 5.07. The van der Waals surface area contributed by atoms with Crippen LogP contribution in [0.15, 0.2) is 24.4 Å². The first-order valence-electron chi connectivity index (χ1n) is 6.23. The standard InChI is InChI=1S/C13H17N3O/c17-12(16-11-3-1-2-6-15-11)10-9-13(10)4-7-14-8-5-13/h1-3,6,10,14H,4-5,7-9H2,(H,15,16,17). The van der Waals surface area contributed by atoms with E-state index in [-0.39, 0.29) is 11.8 Å². The lowest BCUT2D eigenvalue weighted by Gasteiger charge is -2.23. The van der Waals surface area contributed by atoms with E-state index < -0.39 is 0 Å². The molecule has 1 saturated heterocycles. The number of amides is 1. The number of rotatable bonds is 2. The molecule has 1 saturated carbocycles. The average Bonchev–Trinajstić information content (AvgIpc) is 3.05. The molecule has 4 heteroatoms. The molecule has 2 N–H and O–H groups in total. The van der Waals surface area contributed by atoms with Gasteiger partial charge in [-0.25, -0.2) is 4.98 Å². The lowest BCUT2D eigenvalue weighted by molar-refractivity contribution is -0.118. The molecule has 1 aliphatic heterocycles. The fraction of sp³-hybridized carbons (Fsp3) is 0.538. The van der Waals surface area contributed by atoms with E-state index in [2.05, 4.69) is 15.6 Å². The maximum atomic E-state index is 12.1. The Kier molecular flexibility index (Phi) is 2.59. The predicted molar refractivity (Wildman–Crippen MR) is 65.5 cm³/mol. The molecule has 3 rings (SSSR count). The molecule has 1 unspecified atom stereocenters. The maximum Gasteiger partial charge on any atom is 0.229 e. The van der Waals surface area contributed by atoms with Gasteiger partial charge >= 0.3 is 0 Å². The van der Waals surface area contributed by atoms with Gasteiger partial charge in [-0.2, -0.15) is 0 Å². The van der Waals surface area contributed by atoms with E-state index in [0.717, 1.165) is 32.4 Å². The Hall–Kier alpha value is -1.42. The Balaban J connectivity index is 1.61. The Morgan fingerprint density at radius 3 is 2.94 bits per heavy atom. The molecule has 1 amide bonds. The minimum Gasteiger partial charge on any atom is -0.317 e. The van der Waals surface area contributed by atoms with Gasteiger partial charge in [0.2, 0.25) is 5.91 Å². The minimum atomic E-state index is 0.144. The van der Waals surface area contributed by atoms with Crippen LogP contribution in [0.25, 0.3) is 0 Å². The summed E-state index contributed by atoms with van der Waals surface area (Å²) >= 11 is 0. The number of hydrogen-bond donors (Lipinski definition) is 2. The Morgan fingerprint density at radius 2 is 2.24 bits per heavy atom. The summed E-state index contributed by atoms with van der Waals surface area (Å²) in [5.74, 6) is 1.01. The third-order valence-electron chi connectivity index (χ3n) is 4.02. The van der Waals surface area contributed by atoms with E-state index in [1.54, 1.807) is 6.20 Å². The summed E-state index contributed by atoms with van der Waals surface area (Å²) in [6.45, 7) is 2.10. The summed E-state index contributed by atoms with van der Waals surface area (Å²) in [6, 6.07) is 5.56. The summed E-state index contributed by atoms with van der Waals surface area (Å²) in [5.41, 5.74) is 0.296. The highest BCUT2D eigenvalue weighted by Crippen LogP contribution is 2.58. The molecule has 4 nitrogen and oxygen atoms in total. The van der Waals surface area contributed by atoms with Crippen molar-refractivity contribution in [2.75, 3.05) is 18.4 Å². The number of carbonyl (C=O) groups is 1. The number of hydrogen-bond acceptors (Lipinski definition) is 3. The highest BCUT2D eigenvalue weighted by Gasteiger charge is 2.57. The number of nitrogens with one attached hydrogen (secondary N) is 2. The zero-order valence-electron chi connectivity index (χ0n) is 9.78. The van der Waals surface area contributed by atoms with Crippen molar-refractivity contribution in [2.24, 2.45) is 11.3 Å². The summed E-state index contributed by atoms with van der Waals surface area (Å²) < 4.78 is 0. The fourth-order valence-electron chi connectivity index (χ4n) is 2.85. The molecule has 17 heavy (non-hydrogen) atoms. The number of piperidine rings is 1. The molecule has 0 radical (unpaired) electrons. The predicted octanol–water partition coefficient (Wildman–Crippen LogP) is 1.41. The number of anilines is 1. The largest absolute Gasteiger partial charge is 0.317 e. The summed E-state index contributed by atoms with van der Waals surface area (Å²) in [7, 11) is 0. The lowest BCUT2D eigenvalue weighted by atomic mass is 9.92. The molecule has 1 aromatic heterocycles. The van der Waals surface area contributed by atoms with Gasteiger partial charge in [0.1, 0.15) is 5.82 Å². The average molecular weight is 231 g/mol. The fourth-order valence-corrected chi connectivity index (χ4v) is 2.85. The van der Waals surface area contributed by atoms with Crippen molar-refractivity contribution < 1.29 is 4.79 Å². The molecule has 2 aliphatic rings. The first-order chi connectivity index (χ1) is 8.30. The summed E-state index contributed by atoms with van der Waals surface area (Å²) in [5, 5.41) is 6.25. The third kappa shape index (κ3) is 2.05. The van der Waals surface area contributed by atoms with Gasteiger partial charge in [-0.3, -0.25) is 4.79 Å².